The van der Waals surface area contributed by atoms with E-state index in [2.05, 4.69) is 5.32 Å². The number of ether oxygens (including phenoxy) is 1. The van der Waals surface area contributed by atoms with Crippen LogP contribution in [-0.2, 0) is 4.79 Å². The number of carbonyl (C=O) groups excluding carboxylic acids is 1. The number of thiophene rings is 1. The molecule has 2 rings (SSSR count). The number of rotatable bonds is 5. The van der Waals surface area contributed by atoms with Crippen molar-refractivity contribution in [2.24, 2.45) is 0 Å². The van der Waals surface area contributed by atoms with Crippen molar-refractivity contribution in [3.63, 3.8) is 0 Å². The summed E-state index contributed by atoms with van der Waals surface area (Å²) in [6.07, 6.45) is 0.192. The molecule has 0 saturated heterocycles. The highest BCUT2D eigenvalue weighted by atomic mass is 32.1. The lowest BCUT2D eigenvalue weighted by Gasteiger charge is -2.08. The second-order valence-corrected chi connectivity index (χ2v) is 4.88. The number of nitrogen functional groups attached to an aromatic ring is 1. The molecule has 0 atom stereocenters. The molecule has 0 spiro atoms. The number of para-hydroxylation sites is 2. The van der Waals surface area contributed by atoms with Crippen LogP contribution in [0.3, 0.4) is 0 Å². The molecule has 0 aliphatic carbocycles. The number of nitrogens with one attached hydrogen (secondary N) is 1. The number of nitriles is 1. The Balaban J connectivity index is 1.82. The first-order valence-electron chi connectivity index (χ1n) is 5.95. The van der Waals surface area contributed by atoms with E-state index in [1.54, 1.807) is 23.6 Å². The molecule has 102 valence electrons. The molecule has 1 amide bonds. The summed E-state index contributed by atoms with van der Waals surface area (Å²) in [4.78, 5) is 11.7. The molecule has 0 radical (unpaired) electrons. The van der Waals surface area contributed by atoms with E-state index in [1.165, 1.54) is 11.3 Å². The summed E-state index contributed by atoms with van der Waals surface area (Å²) < 4.78 is 5.44. The Bertz CT molecular complexity index is 646. The first kappa shape index (κ1) is 13.9. The minimum atomic E-state index is -0.196. The molecule has 0 unspecified atom stereocenters. The fourth-order valence-electron chi connectivity index (χ4n) is 1.55. The number of anilines is 2. The van der Waals surface area contributed by atoms with Crippen molar-refractivity contribution >= 4 is 27.9 Å². The molecule has 1 aromatic heterocycles. The van der Waals surface area contributed by atoms with Gasteiger partial charge in [-0.3, -0.25) is 4.79 Å². The Morgan fingerprint density at radius 3 is 2.95 bits per heavy atom. The van der Waals surface area contributed by atoms with Crippen LogP contribution in [0, 0.1) is 11.3 Å². The van der Waals surface area contributed by atoms with Crippen molar-refractivity contribution in [3.8, 4) is 11.8 Å². The molecule has 6 heteroatoms. The van der Waals surface area contributed by atoms with E-state index in [4.69, 9.17) is 15.7 Å². The maximum absolute atomic E-state index is 11.7. The third kappa shape index (κ3) is 3.49. The van der Waals surface area contributed by atoms with Gasteiger partial charge in [-0.25, -0.2) is 0 Å². The van der Waals surface area contributed by atoms with Crippen LogP contribution in [0.5, 0.6) is 5.75 Å². The quantitative estimate of drug-likeness (QED) is 0.827. The highest BCUT2D eigenvalue weighted by molar-refractivity contribution is 7.14. The first-order valence-corrected chi connectivity index (χ1v) is 6.83. The third-order valence-corrected chi connectivity index (χ3v) is 3.37. The van der Waals surface area contributed by atoms with E-state index in [1.807, 2.05) is 18.2 Å². The standard InChI is InChI=1S/C14H13N3O2S/c15-9-10-6-8-20-14(10)17-13(18)5-7-19-12-4-2-1-3-11(12)16/h1-4,6,8H,5,7,16H2,(H,17,18). The van der Waals surface area contributed by atoms with Gasteiger partial charge in [0, 0.05) is 0 Å². The van der Waals surface area contributed by atoms with Gasteiger partial charge in [0.1, 0.15) is 16.8 Å². The third-order valence-electron chi connectivity index (χ3n) is 2.54. The Morgan fingerprint density at radius 1 is 1.40 bits per heavy atom. The van der Waals surface area contributed by atoms with E-state index in [0.717, 1.165) is 0 Å². The Kier molecular flexibility index (Phi) is 4.58. The van der Waals surface area contributed by atoms with Gasteiger partial charge in [-0.15, -0.1) is 11.3 Å². The molecule has 1 aromatic carbocycles. The fraction of sp³-hybridized carbons (Fsp3) is 0.143. The second kappa shape index (κ2) is 6.59. The van der Waals surface area contributed by atoms with Crippen molar-refractivity contribution in [2.45, 2.75) is 6.42 Å². The van der Waals surface area contributed by atoms with Gasteiger partial charge >= 0.3 is 0 Å². The minimum Gasteiger partial charge on any atom is -0.491 e. The lowest BCUT2D eigenvalue weighted by atomic mass is 10.3. The number of hydrogen-bond donors (Lipinski definition) is 2. The largest absolute Gasteiger partial charge is 0.491 e. The zero-order valence-corrected chi connectivity index (χ0v) is 11.4. The summed E-state index contributed by atoms with van der Waals surface area (Å²) in [5.41, 5.74) is 6.73. The summed E-state index contributed by atoms with van der Waals surface area (Å²) in [7, 11) is 0. The second-order valence-electron chi connectivity index (χ2n) is 3.96. The van der Waals surface area contributed by atoms with Crippen LogP contribution >= 0.6 is 11.3 Å². The SMILES string of the molecule is N#Cc1ccsc1NC(=O)CCOc1ccccc1N. The molecule has 0 bridgehead atoms. The summed E-state index contributed by atoms with van der Waals surface area (Å²) in [5.74, 6) is 0.368. The number of carbonyl (C=O) groups is 1. The number of hydrogen-bond acceptors (Lipinski definition) is 5. The van der Waals surface area contributed by atoms with Crippen LogP contribution in [0.1, 0.15) is 12.0 Å². The zero-order chi connectivity index (χ0) is 14.4. The molecule has 0 aliphatic heterocycles. The number of amides is 1. The summed E-state index contributed by atoms with van der Waals surface area (Å²) in [6.45, 7) is 0.229. The van der Waals surface area contributed by atoms with Crippen LogP contribution < -0.4 is 15.8 Å². The maximum atomic E-state index is 11.7. The van der Waals surface area contributed by atoms with Gasteiger partial charge in [0.25, 0.3) is 0 Å². The van der Waals surface area contributed by atoms with Gasteiger partial charge in [0.2, 0.25) is 5.91 Å². The van der Waals surface area contributed by atoms with E-state index in [0.29, 0.717) is 22.0 Å². The number of nitrogens with zero attached hydrogens (tertiary/aromatic N) is 1. The van der Waals surface area contributed by atoms with Gasteiger partial charge in [-0.05, 0) is 23.6 Å². The van der Waals surface area contributed by atoms with E-state index in [-0.39, 0.29) is 18.9 Å². The summed E-state index contributed by atoms with van der Waals surface area (Å²) >= 11 is 1.32. The van der Waals surface area contributed by atoms with Gasteiger partial charge in [-0.1, -0.05) is 12.1 Å². The first-order chi connectivity index (χ1) is 9.70. The van der Waals surface area contributed by atoms with Gasteiger partial charge in [0.15, 0.2) is 0 Å². The van der Waals surface area contributed by atoms with Gasteiger partial charge in [-0.2, -0.15) is 5.26 Å². The smallest absolute Gasteiger partial charge is 0.228 e. The molecule has 0 fully saturated rings. The van der Waals surface area contributed by atoms with Gasteiger partial charge in [0.05, 0.1) is 24.3 Å². The van der Waals surface area contributed by atoms with Crippen molar-refractivity contribution in [3.05, 3.63) is 41.3 Å². The van der Waals surface area contributed by atoms with Crippen molar-refractivity contribution < 1.29 is 9.53 Å². The van der Waals surface area contributed by atoms with Crippen LogP contribution in [0.25, 0.3) is 0 Å². The maximum Gasteiger partial charge on any atom is 0.228 e. The van der Waals surface area contributed by atoms with Crippen molar-refractivity contribution in [1.82, 2.24) is 0 Å². The van der Waals surface area contributed by atoms with Crippen LogP contribution in [0.15, 0.2) is 35.7 Å². The summed E-state index contributed by atoms with van der Waals surface area (Å²) in [5, 5.41) is 13.9. The normalized spacial score (nSPS) is 9.75. The van der Waals surface area contributed by atoms with E-state index in [9.17, 15) is 4.79 Å². The Morgan fingerprint density at radius 2 is 2.20 bits per heavy atom. The Labute approximate surface area is 120 Å². The molecule has 20 heavy (non-hydrogen) atoms. The summed E-state index contributed by atoms with van der Waals surface area (Å²) in [6, 6.07) is 10.8. The predicted molar refractivity (Wildman–Crippen MR) is 78.6 cm³/mol. The molecule has 0 saturated carbocycles. The predicted octanol–water partition coefficient (Wildman–Crippen LogP) is 2.61. The zero-order valence-electron chi connectivity index (χ0n) is 10.6. The highest BCUT2D eigenvalue weighted by Gasteiger charge is 2.08. The van der Waals surface area contributed by atoms with Crippen LogP contribution in [-0.4, -0.2) is 12.5 Å². The number of nitrogens with two attached hydrogens (primary N) is 1. The van der Waals surface area contributed by atoms with Gasteiger partial charge < -0.3 is 15.8 Å². The molecule has 1 heterocycles. The Hall–Kier alpha value is -2.52. The highest BCUT2D eigenvalue weighted by Crippen LogP contribution is 2.22. The van der Waals surface area contributed by atoms with Crippen molar-refractivity contribution in [2.75, 3.05) is 17.7 Å². The molecule has 5 nitrogen and oxygen atoms in total. The average Bonchev–Trinajstić information content (AvgIpc) is 2.88. The average molecular weight is 287 g/mol. The molecular weight excluding hydrogens is 274 g/mol. The molecule has 3 N–H and O–H groups in total. The lowest BCUT2D eigenvalue weighted by molar-refractivity contribution is -0.116. The van der Waals surface area contributed by atoms with Crippen LogP contribution in [0.2, 0.25) is 0 Å². The fourth-order valence-corrected chi connectivity index (χ4v) is 2.30. The van der Waals surface area contributed by atoms with Crippen LogP contribution in [0.4, 0.5) is 10.7 Å². The monoisotopic (exact) mass is 287 g/mol. The lowest BCUT2D eigenvalue weighted by Crippen LogP contribution is -2.15. The molecule has 2 aromatic rings. The minimum absolute atomic E-state index is 0.192. The number of benzene rings is 1. The topological polar surface area (TPSA) is 88.1 Å². The van der Waals surface area contributed by atoms with Crippen molar-refractivity contribution in [1.29, 1.82) is 5.26 Å². The van der Waals surface area contributed by atoms with E-state index < -0.39 is 0 Å². The molecule has 0 aliphatic rings. The molecular formula is C14H13N3O2S. The van der Waals surface area contributed by atoms with E-state index >= 15 is 0 Å².